The van der Waals surface area contributed by atoms with Gasteiger partial charge in [0, 0.05) is 29.4 Å². The van der Waals surface area contributed by atoms with E-state index in [1.54, 1.807) is 34.5 Å². The summed E-state index contributed by atoms with van der Waals surface area (Å²) in [5.41, 5.74) is 3.35. The number of benzene rings is 1. The molecule has 2 amide bonds. The molecule has 2 aromatic heterocycles. The van der Waals surface area contributed by atoms with Gasteiger partial charge in [-0.25, -0.2) is 0 Å². The molecule has 5 rings (SSSR count). The zero-order chi connectivity index (χ0) is 20.7. The molecule has 0 N–H and O–H groups in total. The Balaban J connectivity index is 1.48. The van der Waals surface area contributed by atoms with Crippen molar-refractivity contribution in [2.75, 3.05) is 6.54 Å². The average molecular weight is 435 g/mol. The number of carbonyl (C=O) groups is 2. The summed E-state index contributed by atoms with van der Waals surface area (Å²) in [5, 5.41) is 4.19. The predicted octanol–water partition coefficient (Wildman–Crippen LogP) is 5.25. The van der Waals surface area contributed by atoms with Gasteiger partial charge in [0.1, 0.15) is 0 Å². The molecule has 0 saturated heterocycles. The first-order valence-corrected chi connectivity index (χ1v) is 11.8. The van der Waals surface area contributed by atoms with Crippen LogP contribution in [0.15, 0.2) is 59.4 Å². The van der Waals surface area contributed by atoms with Crippen LogP contribution in [-0.2, 0) is 16.0 Å². The quantitative estimate of drug-likeness (QED) is 0.565. The average Bonchev–Trinajstić information content (AvgIpc) is 3.45. The van der Waals surface area contributed by atoms with Crippen LogP contribution in [0.4, 0.5) is 0 Å². The van der Waals surface area contributed by atoms with Crippen LogP contribution in [-0.4, -0.2) is 28.2 Å². The number of rotatable bonds is 3. The van der Waals surface area contributed by atoms with Gasteiger partial charge in [0.25, 0.3) is 0 Å². The van der Waals surface area contributed by atoms with E-state index in [-0.39, 0.29) is 30.3 Å². The van der Waals surface area contributed by atoms with Crippen molar-refractivity contribution in [1.82, 2.24) is 9.80 Å². The molecule has 4 heterocycles. The van der Waals surface area contributed by atoms with Crippen molar-refractivity contribution in [3.63, 3.8) is 0 Å². The summed E-state index contributed by atoms with van der Waals surface area (Å²) in [4.78, 5) is 32.2. The summed E-state index contributed by atoms with van der Waals surface area (Å²) in [6.07, 6.45) is 4.93. The monoisotopic (exact) mass is 434 g/mol. The van der Waals surface area contributed by atoms with Crippen molar-refractivity contribution in [3.05, 3.63) is 85.9 Å². The van der Waals surface area contributed by atoms with E-state index >= 15 is 0 Å². The fourth-order valence-corrected chi connectivity index (χ4v) is 6.29. The highest BCUT2D eigenvalue weighted by molar-refractivity contribution is 7.10. The zero-order valence-electron chi connectivity index (χ0n) is 16.7. The van der Waals surface area contributed by atoms with Crippen molar-refractivity contribution in [3.8, 4) is 0 Å². The third kappa shape index (κ3) is 3.30. The first kappa shape index (κ1) is 19.3. The molecule has 0 aliphatic carbocycles. The Kier molecular flexibility index (Phi) is 5.05. The lowest BCUT2D eigenvalue weighted by Crippen LogP contribution is -2.42. The Labute approximate surface area is 184 Å². The topological polar surface area (TPSA) is 40.6 Å². The lowest BCUT2D eigenvalue weighted by molar-refractivity contribution is -0.136. The molecule has 0 saturated carbocycles. The zero-order valence-corrected chi connectivity index (χ0v) is 18.3. The summed E-state index contributed by atoms with van der Waals surface area (Å²) < 4.78 is 0. The molecule has 4 nitrogen and oxygen atoms in total. The second kappa shape index (κ2) is 7.85. The number of thiophene rings is 2. The van der Waals surface area contributed by atoms with Gasteiger partial charge in [-0.15, -0.1) is 22.7 Å². The molecule has 0 radical (unpaired) electrons. The Morgan fingerprint density at radius 1 is 1.03 bits per heavy atom. The Morgan fingerprint density at radius 3 is 2.70 bits per heavy atom. The number of hydrogen-bond donors (Lipinski definition) is 0. The molecule has 0 fully saturated rings. The fraction of sp³-hybridized carbons (Fsp3) is 0.250. The predicted molar refractivity (Wildman–Crippen MR) is 121 cm³/mol. The minimum absolute atomic E-state index is 0.0346. The van der Waals surface area contributed by atoms with Crippen LogP contribution in [0, 0.1) is 0 Å². The van der Waals surface area contributed by atoms with Crippen LogP contribution in [0.3, 0.4) is 0 Å². The van der Waals surface area contributed by atoms with Gasteiger partial charge in [0.05, 0.1) is 18.5 Å². The second-order valence-corrected chi connectivity index (χ2v) is 9.63. The maximum absolute atomic E-state index is 13.7. The smallest absolute Gasteiger partial charge is 0.225 e. The number of hydrogen-bond acceptors (Lipinski definition) is 4. The molecule has 3 aromatic rings. The van der Waals surface area contributed by atoms with Crippen LogP contribution in [0.5, 0.6) is 0 Å². The molecule has 2 aliphatic rings. The first-order chi connectivity index (χ1) is 14.6. The van der Waals surface area contributed by atoms with E-state index in [9.17, 15) is 9.59 Å². The van der Waals surface area contributed by atoms with E-state index in [0.717, 1.165) is 17.5 Å². The molecular weight excluding hydrogens is 412 g/mol. The molecule has 1 aromatic carbocycles. The van der Waals surface area contributed by atoms with Gasteiger partial charge in [0.2, 0.25) is 11.8 Å². The van der Waals surface area contributed by atoms with Gasteiger partial charge in [-0.3, -0.25) is 9.59 Å². The number of carbonyl (C=O) groups excluding carboxylic acids is 2. The van der Waals surface area contributed by atoms with Crippen LogP contribution in [0.1, 0.15) is 51.9 Å². The molecular formula is C24H22N2O2S2. The van der Waals surface area contributed by atoms with Gasteiger partial charge >= 0.3 is 0 Å². The summed E-state index contributed by atoms with van der Waals surface area (Å²) in [5.74, 6) is 0.0405. The number of nitrogens with zero attached hydrogens (tertiary/aromatic N) is 2. The molecule has 0 unspecified atom stereocenters. The first-order valence-electron chi connectivity index (χ1n) is 10.1. The van der Waals surface area contributed by atoms with Crippen LogP contribution < -0.4 is 0 Å². The van der Waals surface area contributed by atoms with Crippen LogP contribution in [0.2, 0.25) is 0 Å². The normalized spacial score (nSPS) is 20.0. The standard InChI is InChI=1S/C24H22N2O2S2/c1-16(27)25-11-8-17-5-2-3-6-18(17)20(25)15-23(28)26-12-9-21-19(10-14-30-21)24(26)22-7-4-13-29-22/h2-8,10-11,13-14,20,24H,9,12,15H2,1H3/t20-,24+/m1/s1. The van der Waals surface area contributed by atoms with E-state index in [0.29, 0.717) is 6.54 Å². The molecule has 6 heteroatoms. The fourth-order valence-electron chi connectivity index (χ4n) is 4.53. The largest absolute Gasteiger partial charge is 0.330 e. The van der Waals surface area contributed by atoms with Gasteiger partial charge < -0.3 is 9.80 Å². The number of amides is 2. The Bertz CT molecular complexity index is 1120. The van der Waals surface area contributed by atoms with Crippen molar-refractivity contribution in [2.24, 2.45) is 0 Å². The van der Waals surface area contributed by atoms with Gasteiger partial charge in [-0.2, -0.15) is 0 Å². The summed E-state index contributed by atoms with van der Waals surface area (Å²) in [7, 11) is 0. The molecule has 30 heavy (non-hydrogen) atoms. The Morgan fingerprint density at radius 2 is 1.90 bits per heavy atom. The highest BCUT2D eigenvalue weighted by Gasteiger charge is 2.36. The minimum atomic E-state index is -0.274. The van der Waals surface area contributed by atoms with E-state index in [4.69, 9.17) is 0 Å². The minimum Gasteiger partial charge on any atom is -0.330 e. The van der Waals surface area contributed by atoms with Crippen molar-refractivity contribution in [2.45, 2.75) is 31.8 Å². The summed E-state index contributed by atoms with van der Waals surface area (Å²) in [6.45, 7) is 2.27. The summed E-state index contributed by atoms with van der Waals surface area (Å²) in [6, 6.07) is 14.0. The van der Waals surface area contributed by atoms with Crippen LogP contribution >= 0.6 is 22.7 Å². The van der Waals surface area contributed by atoms with Gasteiger partial charge in [-0.1, -0.05) is 30.3 Å². The van der Waals surface area contributed by atoms with E-state index < -0.39 is 0 Å². The third-order valence-corrected chi connectivity index (χ3v) is 7.86. The number of fused-ring (bicyclic) bond motifs is 2. The molecule has 0 bridgehead atoms. The SMILES string of the molecule is CC(=O)N1C=Cc2ccccc2[C@H]1CC(=O)N1CCc2sccc2[C@H]1c1cccs1. The van der Waals surface area contributed by atoms with E-state index in [2.05, 4.69) is 22.9 Å². The highest BCUT2D eigenvalue weighted by atomic mass is 32.1. The second-order valence-electron chi connectivity index (χ2n) is 7.65. The lowest BCUT2D eigenvalue weighted by atomic mass is 9.92. The van der Waals surface area contributed by atoms with E-state index in [1.165, 1.54) is 15.3 Å². The molecule has 152 valence electrons. The summed E-state index contributed by atoms with van der Waals surface area (Å²) >= 11 is 3.47. The van der Waals surface area contributed by atoms with Crippen LogP contribution in [0.25, 0.3) is 6.08 Å². The maximum atomic E-state index is 13.7. The molecule has 2 atom stereocenters. The van der Waals surface area contributed by atoms with Crippen molar-refractivity contribution in [1.29, 1.82) is 0 Å². The van der Waals surface area contributed by atoms with Gasteiger partial charge in [0.15, 0.2) is 0 Å². The maximum Gasteiger partial charge on any atom is 0.225 e. The van der Waals surface area contributed by atoms with E-state index in [1.807, 2.05) is 47.5 Å². The highest BCUT2D eigenvalue weighted by Crippen LogP contribution is 2.41. The van der Waals surface area contributed by atoms with Crippen molar-refractivity contribution < 1.29 is 9.59 Å². The van der Waals surface area contributed by atoms with Gasteiger partial charge in [-0.05, 0) is 52.1 Å². The molecule has 2 aliphatic heterocycles. The Hall–Kier alpha value is -2.70. The lowest BCUT2D eigenvalue weighted by Gasteiger charge is -2.38. The third-order valence-electron chi connectivity index (χ3n) is 5.94. The van der Waals surface area contributed by atoms with Crippen molar-refractivity contribution >= 4 is 40.6 Å². The molecule has 0 spiro atoms.